The van der Waals surface area contributed by atoms with Crippen LogP contribution in [0.3, 0.4) is 0 Å². The third-order valence-corrected chi connectivity index (χ3v) is 20.8. The summed E-state index contributed by atoms with van der Waals surface area (Å²) >= 11 is 0. The summed E-state index contributed by atoms with van der Waals surface area (Å²) in [6.07, 6.45) is 4.67. The number of fused-ring (bicyclic) bond motifs is 11. The van der Waals surface area contributed by atoms with E-state index in [4.69, 9.17) is 55.3 Å². The number of hydrogen-bond acceptors (Lipinski definition) is 16. The van der Waals surface area contributed by atoms with E-state index in [1.807, 2.05) is 80.6 Å². The molecule has 684 valence electrons. The van der Waals surface area contributed by atoms with Gasteiger partial charge in [0.15, 0.2) is 23.1 Å². The molecule has 16 aromatic carbocycles. The van der Waals surface area contributed by atoms with Gasteiger partial charge >= 0.3 is 0 Å². The molecule has 0 atom stereocenters. The molecule has 0 amide bonds. The quantitative estimate of drug-likeness (QED) is 0.0454. The summed E-state index contributed by atoms with van der Waals surface area (Å²) in [5, 5.41) is 53.4. The van der Waals surface area contributed by atoms with Gasteiger partial charge in [-0.1, -0.05) is 204 Å². The first kappa shape index (κ1) is 105. The van der Waals surface area contributed by atoms with Gasteiger partial charge in [0, 0.05) is 144 Å². The molecule has 4 N–H and O–H groups in total. The average molecular weight is 2490 g/mol. The molecule has 0 saturated heterocycles. The number of aromatic nitrogens is 8. The zero-order valence-electron chi connectivity index (χ0n) is 76.4. The molecule has 4 heterocycles. The number of nitrogens with zero attached hydrogens (tertiary/aromatic N) is 8. The maximum absolute atomic E-state index is 10.0. The van der Waals surface area contributed by atoms with Crippen LogP contribution in [0, 0.1) is 58.9 Å². The Bertz CT molecular complexity index is 7610. The number of carbonyl (C=O) groups is 4. The molecule has 0 aliphatic rings. The monoisotopic (exact) mass is 2490 g/mol. The van der Waals surface area contributed by atoms with Gasteiger partial charge in [-0.25, -0.2) is 0 Å². The van der Waals surface area contributed by atoms with Crippen molar-refractivity contribution in [2.45, 2.75) is 90.0 Å². The van der Waals surface area contributed by atoms with Crippen LogP contribution in [0.15, 0.2) is 345 Å². The molecule has 0 bridgehead atoms. The molecule has 0 aliphatic heterocycles. The van der Waals surface area contributed by atoms with Gasteiger partial charge in [0.1, 0.15) is 0 Å². The van der Waals surface area contributed by atoms with Crippen molar-refractivity contribution in [2.75, 3.05) is 0 Å². The van der Waals surface area contributed by atoms with Crippen LogP contribution in [-0.4, -0.2) is 83.4 Å². The number of aryl methyl sites for hydroxylation is 5. The maximum Gasteiger partial charge on any atom is 0.155 e. The Morgan fingerprint density at radius 3 is 0.919 bits per heavy atom. The second-order valence-electron chi connectivity index (χ2n) is 31.7. The summed E-state index contributed by atoms with van der Waals surface area (Å²) in [7, 11) is 0. The van der Waals surface area contributed by atoms with Gasteiger partial charge in [-0.15, -0.1) is 118 Å². The first-order chi connectivity index (χ1) is 63.0. The Hall–Kier alpha value is -13.9. The largest absolute Gasteiger partial charge is 0.512 e. The SMILES string of the molecule is CC(=O)C=C(C)O.CC(=O)C=C(C)O.CC(=O)C=C(C)O.CC(=O)C=C(C)O.Cc1c[c-]c(-c2nc3cc4ccccc4cc3nc2-c2ccc(C)cc2)cc1.Cc1nc(-c2[c-]ccc3ccccc23)nc2cc3cc4ccccc4cc3cc12.Cc1nc(-c2[c-]ccc3ccccc23)nc2cc3ccccc3cc12.Cc1nc(-c2[c-]cccc2)nc2cc3ccccc3cc12.[Ir].[Ir].[Ir].[Ir]. The van der Waals surface area contributed by atoms with E-state index < -0.39 is 0 Å². The van der Waals surface area contributed by atoms with E-state index in [1.54, 1.807) is 0 Å². The van der Waals surface area contributed by atoms with E-state index in [0.717, 1.165) is 128 Å². The van der Waals surface area contributed by atoms with E-state index in [-0.39, 0.29) is 127 Å². The molecule has 0 unspecified atom stereocenters. The molecule has 20 rings (SSSR count). The van der Waals surface area contributed by atoms with E-state index in [0.29, 0.717) is 0 Å². The summed E-state index contributed by atoms with van der Waals surface area (Å²) < 4.78 is 0. The van der Waals surface area contributed by atoms with Crippen molar-refractivity contribution in [1.29, 1.82) is 0 Å². The maximum atomic E-state index is 10.0. The van der Waals surface area contributed by atoms with Crippen LogP contribution < -0.4 is 0 Å². The van der Waals surface area contributed by atoms with E-state index in [9.17, 15) is 19.2 Å². The van der Waals surface area contributed by atoms with Crippen molar-refractivity contribution >= 4 is 142 Å². The summed E-state index contributed by atoms with van der Waals surface area (Å²) in [6.45, 7) is 21.7. The number of ketones is 4. The van der Waals surface area contributed by atoms with Crippen molar-refractivity contribution in [3.8, 4) is 56.7 Å². The van der Waals surface area contributed by atoms with Crippen molar-refractivity contribution in [3.05, 3.63) is 397 Å². The van der Waals surface area contributed by atoms with Crippen LogP contribution in [0.2, 0.25) is 0 Å². The Labute approximate surface area is 838 Å². The number of benzene rings is 16. The van der Waals surface area contributed by atoms with Crippen LogP contribution in [0.25, 0.3) is 176 Å². The van der Waals surface area contributed by atoms with Gasteiger partial charge < -0.3 is 20.4 Å². The second-order valence-corrected chi connectivity index (χ2v) is 31.7. The zero-order valence-corrected chi connectivity index (χ0v) is 86.0. The molecule has 135 heavy (non-hydrogen) atoms. The molecule has 4 aromatic heterocycles. The van der Waals surface area contributed by atoms with Crippen LogP contribution in [0.5, 0.6) is 0 Å². The topological polar surface area (TPSA) is 252 Å². The standard InChI is InChI=1S/C27H17N2.C26H19N2.C23H15N2.C19H13N2.4C5H8O2.4Ir/c1-17-25-15-21-13-19-8-2-3-9-20(19)14-22(21)16-26(25)29-27(28-17)24-12-6-10-18-7-4-5-11-23(18)24;1-17-7-11-19(12-8-17)25-26(20-13-9-18(2)10-14-20)28-24-16-22-6-4-3-5-21(22)15-23(24)27-25;1-15-21-13-17-8-2-3-9-18(17)14-22(21)25-23(24-15)20-12-6-10-16-7-4-5-11-19(16)20;1-13-17-11-15-9-5-6-10-16(15)12-18(17)21-19(20-13)14-7-3-2-4-8-14;4*1-4(6)3-5(2)7;;;;/h2-11,13-16H,1H3;3-13,15-16H,1-2H3;2-11,13-14H,1H3;2-7,9-12H,1H3;4*3,6H,1-2H3;;;;/q4*-1;;;;;;;;. The number of aliphatic hydroxyl groups excluding tert-OH is 4. The predicted octanol–water partition coefficient (Wildman–Crippen LogP) is 27.8. The van der Waals surface area contributed by atoms with Crippen molar-refractivity contribution < 1.29 is 120 Å². The van der Waals surface area contributed by atoms with Gasteiger partial charge in [-0.2, -0.15) is 0 Å². The Morgan fingerprint density at radius 1 is 0.252 bits per heavy atom. The molecular weight excluding hydrogens is 2390 g/mol. The molecule has 20 heteroatoms. The summed E-state index contributed by atoms with van der Waals surface area (Å²) in [6, 6.07) is 116. The van der Waals surface area contributed by atoms with Crippen molar-refractivity contribution in [1.82, 2.24) is 39.9 Å². The fourth-order valence-corrected chi connectivity index (χ4v) is 14.9. The third-order valence-electron chi connectivity index (χ3n) is 20.8. The van der Waals surface area contributed by atoms with Crippen molar-refractivity contribution in [3.63, 3.8) is 0 Å². The minimum atomic E-state index is -0.125. The predicted molar refractivity (Wildman–Crippen MR) is 535 cm³/mol. The molecule has 0 spiro atoms. The van der Waals surface area contributed by atoms with Gasteiger partial charge in [-0.3, -0.25) is 59.0 Å². The number of hydrogen-bond donors (Lipinski definition) is 4. The number of carbonyl (C=O) groups excluding carboxylic acids is 4. The third kappa shape index (κ3) is 28.1. The fourth-order valence-electron chi connectivity index (χ4n) is 14.9. The molecule has 4 radical (unpaired) electrons. The van der Waals surface area contributed by atoms with Gasteiger partial charge in [0.25, 0.3) is 0 Å². The summed E-state index contributed by atoms with van der Waals surface area (Å²) in [4.78, 5) is 78.9. The van der Waals surface area contributed by atoms with Crippen LogP contribution >= 0.6 is 0 Å². The van der Waals surface area contributed by atoms with Crippen LogP contribution in [0.1, 0.15) is 83.6 Å². The number of allylic oxidation sites excluding steroid dienone is 8. The van der Waals surface area contributed by atoms with Crippen molar-refractivity contribution in [2.24, 2.45) is 0 Å². The second kappa shape index (κ2) is 49.2. The van der Waals surface area contributed by atoms with Crippen LogP contribution in [-0.2, 0) is 99.6 Å². The molecule has 20 aromatic rings. The minimum Gasteiger partial charge on any atom is -0.512 e. The zero-order chi connectivity index (χ0) is 92.9. The Morgan fingerprint density at radius 2 is 0.563 bits per heavy atom. The number of aliphatic hydroxyl groups is 4. The van der Waals surface area contributed by atoms with Gasteiger partial charge in [0.05, 0.1) is 73.8 Å². The molecule has 0 aliphatic carbocycles. The molecular formula is C115H96Ir4N8O8-4. The van der Waals surface area contributed by atoms with Gasteiger partial charge in [-0.05, 0) is 203 Å². The van der Waals surface area contributed by atoms with Gasteiger partial charge in [0.2, 0.25) is 0 Å². The smallest absolute Gasteiger partial charge is 0.155 e. The normalized spacial score (nSPS) is 11.0. The van der Waals surface area contributed by atoms with E-state index in [1.165, 1.54) is 155 Å². The fraction of sp³-hybridized carbons (Fsp3) is 0.113. The molecule has 16 nitrogen and oxygen atoms in total. The van der Waals surface area contributed by atoms with Crippen LogP contribution in [0.4, 0.5) is 0 Å². The Balaban J connectivity index is 0.000000183. The first-order valence-electron chi connectivity index (χ1n) is 42.5. The minimum absolute atomic E-state index is 0. The summed E-state index contributed by atoms with van der Waals surface area (Å²) in [5.41, 5.74) is 16.7. The molecule has 0 fully saturated rings. The number of rotatable bonds is 9. The van der Waals surface area contributed by atoms with E-state index >= 15 is 0 Å². The average Bonchev–Trinajstić information content (AvgIpc) is 0.725. The Kier molecular flexibility index (Phi) is 38.2. The summed E-state index contributed by atoms with van der Waals surface area (Å²) in [5.74, 6) is 1.94. The van der Waals surface area contributed by atoms with E-state index in [2.05, 4.69) is 281 Å². The first-order valence-corrected chi connectivity index (χ1v) is 42.5. The molecule has 0 saturated carbocycles.